The minimum absolute atomic E-state index is 0.118. The molecule has 3 aromatic carbocycles. The normalized spacial score (nSPS) is 11.5. The Bertz CT molecular complexity index is 750. The molecule has 0 fully saturated rings. The van der Waals surface area contributed by atoms with Gasteiger partial charge in [0.15, 0.2) is 5.30 Å². The molecule has 114 valence electrons. The topological polar surface area (TPSA) is 17.1 Å². The van der Waals surface area contributed by atoms with Crippen molar-refractivity contribution in [2.75, 3.05) is 0 Å². The second-order valence-electron chi connectivity index (χ2n) is 5.79. The van der Waals surface area contributed by atoms with E-state index < -0.39 is 7.80 Å². The lowest BCUT2D eigenvalue weighted by Crippen LogP contribution is -2.11. The van der Waals surface area contributed by atoms with E-state index in [9.17, 15) is 4.57 Å². The third kappa shape index (κ3) is 3.25. The molecule has 0 aliphatic heterocycles. The summed E-state index contributed by atoms with van der Waals surface area (Å²) < 4.78 is 13.5. The van der Waals surface area contributed by atoms with Crippen molar-refractivity contribution in [1.29, 1.82) is 0 Å². The minimum atomic E-state index is -1.58. The summed E-state index contributed by atoms with van der Waals surface area (Å²) in [6.07, 6.45) is 0. The molecule has 23 heavy (non-hydrogen) atoms. The van der Waals surface area contributed by atoms with Crippen molar-refractivity contribution in [3.05, 3.63) is 101 Å². The van der Waals surface area contributed by atoms with Crippen molar-refractivity contribution >= 4 is 13.1 Å². The highest BCUT2D eigenvalue weighted by atomic mass is 31.1. The number of aryl methyl sites for hydroxylation is 2. The summed E-state index contributed by atoms with van der Waals surface area (Å²) in [7, 11) is -1.58. The molecule has 0 radical (unpaired) electrons. The van der Waals surface area contributed by atoms with Gasteiger partial charge in [-0.3, -0.25) is 0 Å². The summed E-state index contributed by atoms with van der Waals surface area (Å²) in [5.41, 5.74) is 4.28. The van der Waals surface area contributed by atoms with Gasteiger partial charge in [0.25, 0.3) is 0 Å². The summed E-state index contributed by atoms with van der Waals surface area (Å²) in [6, 6.07) is 26.4. The summed E-state index contributed by atoms with van der Waals surface area (Å²) in [6.45, 7) is 4.09. The SMILES string of the molecule is Cc1cccc(C)c1[P+](=O)C(c1ccccc1)c1ccccc1. The van der Waals surface area contributed by atoms with Crippen LogP contribution in [0.3, 0.4) is 0 Å². The first-order valence-corrected chi connectivity index (χ1v) is 9.14. The van der Waals surface area contributed by atoms with Crippen LogP contribution in [0.5, 0.6) is 0 Å². The average molecular weight is 319 g/mol. The molecule has 0 saturated heterocycles. The Morgan fingerprint density at radius 1 is 0.652 bits per heavy atom. The van der Waals surface area contributed by atoms with Crippen LogP contribution in [0.2, 0.25) is 0 Å². The van der Waals surface area contributed by atoms with Gasteiger partial charge in [-0.1, -0.05) is 83.4 Å². The van der Waals surface area contributed by atoms with Crippen molar-refractivity contribution in [3.63, 3.8) is 0 Å². The third-order valence-electron chi connectivity index (χ3n) is 4.13. The van der Waals surface area contributed by atoms with Crippen LogP contribution in [0.4, 0.5) is 0 Å². The number of rotatable bonds is 4. The molecule has 2 heteroatoms. The van der Waals surface area contributed by atoms with Crippen molar-refractivity contribution in [1.82, 2.24) is 0 Å². The fourth-order valence-electron chi connectivity index (χ4n) is 3.02. The van der Waals surface area contributed by atoms with Crippen molar-refractivity contribution in [3.8, 4) is 0 Å². The van der Waals surface area contributed by atoms with Gasteiger partial charge >= 0.3 is 7.80 Å². The van der Waals surface area contributed by atoms with Crippen molar-refractivity contribution < 1.29 is 4.57 Å². The molecule has 0 aromatic heterocycles. The van der Waals surface area contributed by atoms with Gasteiger partial charge in [0.05, 0.1) is 0 Å². The van der Waals surface area contributed by atoms with Gasteiger partial charge in [0.2, 0.25) is 5.66 Å². The number of benzene rings is 3. The van der Waals surface area contributed by atoms with Crippen LogP contribution in [0, 0.1) is 13.8 Å². The molecule has 1 atom stereocenters. The maximum Gasteiger partial charge on any atom is 0.390 e. The van der Waals surface area contributed by atoms with E-state index in [1.807, 2.05) is 68.4 Å². The molecule has 0 aliphatic rings. The van der Waals surface area contributed by atoms with Crippen LogP contribution in [0.15, 0.2) is 78.9 Å². The lowest BCUT2D eigenvalue weighted by atomic mass is 10.0. The van der Waals surface area contributed by atoms with Gasteiger partial charge in [-0.2, -0.15) is 0 Å². The molecule has 0 amide bonds. The van der Waals surface area contributed by atoms with Crippen LogP contribution in [0.1, 0.15) is 27.9 Å². The molecule has 3 rings (SSSR count). The van der Waals surface area contributed by atoms with Gasteiger partial charge in [-0.15, -0.1) is 0 Å². The van der Waals surface area contributed by atoms with Gasteiger partial charge in [-0.25, -0.2) is 0 Å². The van der Waals surface area contributed by atoms with Crippen LogP contribution < -0.4 is 5.30 Å². The first-order valence-electron chi connectivity index (χ1n) is 7.81. The zero-order valence-corrected chi connectivity index (χ0v) is 14.3. The van der Waals surface area contributed by atoms with Crippen LogP contribution >= 0.6 is 7.80 Å². The lowest BCUT2D eigenvalue weighted by molar-refractivity contribution is 0.589. The maximum absolute atomic E-state index is 13.5. The van der Waals surface area contributed by atoms with Crippen molar-refractivity contribution in [2.24, 2.45) is 0 Å². The molecular formula is C21H20OP+. The fourth-order valence-corrected chi connectivity index (χ4v) is 5.00. The highest BCUT2D eigenvalue weighted by molar-refractivity contribution is 7.54. The second-order valence-corrected chi connectivity index (χ2v) is 7.41. The van der Waals surface area contributed by atoms with Crippen molar-refractivity contribution in [2.45, 2.75) is 19.5 Å². The molecule has 3 aromatic rings. The minimum Gasteiger partial charge on any atom is -0.0669 e. The van der Waals surface area contributed by atoms with E-state index in [1.54, 1.807) is 0 Å². The number of hydrogen-bond donors (Lipinski definition) is 0. The molecule has 0 saturated carbocycles. The van der Waals surface area contributed by atoms with Gasteiger partial charge < -0.3 is 0 Å². The highest BCUT2D eigenvalue weighted by Gasteiger charge is 2.37. The zero-order valence-electron chi connectivity index (χ0n) is 13.4. The quantitative estimate of drug-likeness (QED) is 0.577. The van der Waals surface area contributed by atoms with Crippen LogP contribution in [-0.4, -0.2) is 0 Å². The lowest BCUT2D eigenvalue weighted by Gasteiger charge is -2.10. The number of hydrogen-bond acceptors (Lipinski definition) is 1. The predicted molar refractivity (Wildman–Crippen MR) is 97.9 cm³/mol. The Balaban J connectivity index is 2.15. The fraction of sp³-hybridized carbons (Fsp3) is 0.143. The summed E-state index contributed by atoms with van der Waals surface area (Å²) in [5.74, 6) is 0. The molecule has 0 aliphatic carbocycles. The largest absolute Gasteiger partial charge is 0.390 e. The molecule has 0 N–H and O–H groups in total. The third-order valence-corrected chi connectivity index (χ3v) is 6.34. The van der Waals surface area contributed by atoms with Gasteiger partial charge in [0.1, 0.15) is 0 Å². The van der Waals surface area contributed by atoms with E-state index in [-0.39, 0.29) is 5.66 Å². The molecular weight excluding hydrogens is 299 g/mol. The zero-order chi connectivity index (χ0) is 16.2. The second kappa shape index (κ2) is 6.89. The monoisotopic (exact) mass is 319 g/mol. The summed E-state index contributed by atoms with van der Waals surface area (Å²) in [4.78, 5) is 0. The predicted octanol–water partition coefficient (Wildman–Crippen LogP) is 5.55. The Hall–Kier alpha value is -2.24. The molecule has 0 bridgehead atoms. The summed E-state index contributed by atoms with van der Waals surface area (Å²) in [5, 5.41) is 0.986. The van der Waals surface area contributed by atoms with Crippen LogP contribution in [-0.2, 0) is 4.57 Å². The Morgan fingerprint density at radius 3 is 1.52 bits per heavy atom. The van der Waals surface area contributed by atoms with Gasteiger partial charge in [0, 0.05) is 22.3 Å². The smallest absolute Gasteiger partial charge is 0.0669 e. The molecule has 0 spiro atoms. The van der Waals surface area contributed by atoms with Gasteiger partial charge in [-0.05, 0) is 13.8 Å². The molecule has 1 unspecified atom stereocenters. The van der Waals surface area contributed by atoms with E-state index >= 15 is 0 Å². The first kappa shape index (κ1) is 15.6. The Morgan fingerprint density at radius 2 is 1.09 bits per heavy atom. The first-order chi connectivity index (χ1) is 11.2. The van der Waals surface area contributed by atoms with E-state index in [4.69, 9.17) is 0 Å². The van der Waals surface area contributed by atoms with E-state index in [0.717, 1.165) is 27.6 Å². The maximum atomic E-state index is 13.5. The summed E-state index contributed by atoms with van der Waals surface area (Å²) >= 11 is 0. The Labute approximate surface area is 138 Å². The Kier molecular flexibility index (Phi) is 4.69. The molecule has 1 nitrogen and oxygen atoms in total. The van der Waals surface area contributed by atoms with E-state index in [2.05, 4.69) is 24.3 Å². The standard InChI is InChI=1S/C21H20OP/c1-16-10-9-11-17(2)20(16)23(22)21(18-12-5-3-6-13-18)19-14-7-4-8-15-19/h3-15,21H,1-2H3/q+1. The molecule has 0 heterocycles. The highest BCUT2D eigenvalue weighted by Crippen LogP contribution is 2.46. The van der Waals surface area contributed by atoms with Crippen LogP contribution in [0.25, 0.3) is 0 Å². The average Bonchev–Trinajstić information content (AvgIpc) is 2.57. The van der Waals surface area contributed by atoms with E-state index in [1.165, 1.54) is 0 Å². The van der Waals surface area contributed by atoms with E-state index in [0.29, 0.717) is 0 Å².